The minimum atomic E-state index is -0.960. The lowest BCUT2D eigenvalue weighted by atomic mass is 9.84. The molecule has 0 bridgehead atoms. The molecule has 2 amide bonds. The van der Waals surface area contributed by atoms with E-state index in [9.17, 15) is 14.7 Å². The maximum Gasteiger partial charge on any atom is 0.326 e. The number of aliphatic carboxylic acids is 1. The third kappa shape index (κ3) is 4.66. The molecular weight excluding hydrogens is 232 g/mol. The van der Waals surface area contributed by atoms with Crippen LogP contribution in [0, 0.1) is 17.8 Å². The number of nitrogens with one attached hydrogen (secondary N) is 2. The van der Waals surface area contributed by atoms with Crippen LogP contribution in [-0.2, 0) is 4.79 Å². The van der Waals surface area contributed by atoms with Crippen LogP contribution >= 0.6 is 0 Å². The highest BCUT2D eigenvalue weighted by atomic mass is 16.4. The van der Waals surface area contributed by atoms with Gasteiger partial charge in [0.15, 0.2) is 0 Å². The molecule has 0 heterocycles. The van der Waals surface area contributed by atoms with Crippen molar-refractivity contribution in [2.75, 3.05) is 6.54 Å². The van der Waals surface area contributed by atoms with Gasteiger partial charge in [0, 0.05) is 0 Å². The van der Waals surface area contributed by atoms with Crippen molar-refractivity contribution in [1.82, 2.24) is 10.6 Å². The summed E-state index contributed by atoms with van der Waals surface area (Å²) >= 11 is 0. The van der Waals surface area contributed by atoms with Gasteiger partial charge in [0.1, 0.15) is 6.04 Å². The second-order valence-corrected chi connectivity index (χ2v) is 4.47. The smallest absolute Gasteiger partial charge is 0.326 e. The molecule has 1 aliphatic rings. The van der Waals surface area contributed by atoms with Crippen LogP contribution < -0.4 is 10.6 Å². The average molecular weight is 252 g/mol. The minimum Gasteiger partial charge on any atom is -0.480 e. The third-order valence-electron chi connectivity index (χ3n) is 3.19. The fraction of sp³-hybridized carbons (Fsp3) is 0.692. The number of carboxylic acids is 1. The third-order valence-corrected chi connectivity index (χ3v) is 3.19. The quantitative estimate of drug-likeness (QED) is 0.661. The van der Waals surface area contributed by atoms with Crippen molar-refractivity contribution in [3.05, 3.63) is 0 Å². The number of rotatable bonds is 4. The predicted molar refractivity (Wildman–Crippen MR) is 68.0 cm³/mol. The summed E-state index contributed by atoms with van der Waals surface area (Å²) in [5, 5.41) is 14.2. The van der Waals surface area contributed by atoms with Crippen molar-refractivity contribution in [2.45, 2.75) is 45.1 Å². The van der Waals surface area contributed by atoms with E-state index in [1.54, 1.807) is 6.92 Å². The molecule has 1 atom stereocenters. The van der Waals surface area contributed by atoms with Crippen molar-refractivity contribution in [3.63, 3.8) is 0 Å². The van der Waals surface area contributed by atoms with Gasteiger partial charge < -0.3 is 15.7 Å². The second kappa shape index (κ2) is 7.59. The lowest BCUT2D eigenvalue weighted by molar-refractivity contribution is -0.141. The van der Waals surface area contributed by atoms with Crippen LogP contribution in [0.1, 0.15) is 39.0 Å². The molecule has 3 N–H and O–H groups in total. The minimum absolute atomic E-state index is 0.0410. The first kappa shape index (κ1) is 14.4. The second-order valence-electron chi connectivity index (χ2n) is 4.47. The molecule has 0 aromatic carbocycles. The first-order valence-electron chi connectivity index (χ1n) is 6.32. The summed E-state index contributed by atoms with van der Waals surface area (Å²) in [7, 11) is 0. The number of carbonyl (C=O) groups excluding carboxylic acids is 1. The van der Waals surface area contributed by atoms with Crippen LogP contribution in [0.2, 0.25) is 0 Å². The zero-order chi connectivity index (χ0) is 13.4. The van der Waals surface area contributed by atoms with Gasteiger partial charge in [-0.15, -0.1) is 5.92 Å². The summed E-state index contributed by atoms with van der Waals surface area (Å²) in [6.07, 6.45) is 4.97. The van der Waals surface area contributed by atoms with Crippen molar-refractivity contribution >= 4 is 12.0 Å². The Kier molecular flexibility index (Phi) is 6.06. The number of amides is 2. The van der Waals surface area contributed by atoms with Gasteiger partial charge in [-0.2, -0.15) is 0 Å². The molecular formula is C13H20N2O3. The van der Waals surface area contributed by atoms with E-state index in [1.807, 2.05) is 0 Å². The van der Waals surface area contributed by atoms with Crippen molar-refractivity contribution in [1.29, 1.82) is 0 Å². The molecule has 0 aromatic rings. The normalized spacial score (nSPS) is 17.2. The average Bonchev–Trinajstić information content (AvgIpc) is 2.37. The van der Waals surface area contributed by atoms with E-state index in [0.717, 1.165) is 32.1 Å². The van der Waals surface area contributed by atoms with Crippen LogP contribution in [0.25, 0.3) is 0 Å². The summed E-state index contributed by atoms with van der Waals surface area (Å²) < 4.78 is 0. The van der Waals surface area contributed by atoms with Gasteiger partial charge in [-0.05, 0) is 25.7 Å². The standard InChI is InChI=1S/C13H20N2O3/c1-2-3-9-14-13(18)15-11(12(16)17)10-7-5-4-6-8-10/h10-11H,4-9H2,1H3,(H,16,17)(H2,14,15,18). The van der Waals surface area contributed by atoms with E-state index in [-0.39, 0.29) is 12.5 Å². The van der Waals surface area contributed by atoms with E-state index in [1.165, 1.54) is 0 Å². The summed E-state index contributed by atoms with van der Waals surface area (Å²) in [5.41, 5.74) is 0. The number of hydrogen-bond acceptors (Lipinski definition) is 2. The molecule has 0 aromatic heterocycles. The van der Waals surface area contributed by atoms with Gasteiger partial charge in [0.25, 0.3) is 0 Å². The monoisotopic (exact) mass is 252 g/mol. The Labute approximate surface area is 107 Å². The lowest BCUT2D eigenvalue weighted by Crippen LogP contribution is -2.50. The molecule has 5 heteroatoms. The molecule has 1 rings (SSSR count). The molecule has 0 radical (unpaired) electrons. The molecule has 1 saturated carbocycles. The topological polar surface area (TPSA) is 78.4 Å². The maximum absolute atomic E-state index is 11.5. The Balaban J connectivity index is 2.48. The van der Waals surface area contributed by atoms with Gasteiger partial charge in [0.2, 0.25) is 0 Å². The number of hydrogen-bond donors (Lipinski definition) is 3. The number of carbonyl (C=O) groups is 2. The summed E-state index contributed by atoms with van der Waals surface area (Å²) in [6, 6.07) is -1.25. The largest absolute Gasteiger partial charge is 0.480 e. The summed E-state index contributed by atoms with van der Waals surface area (Å²) in [6.45, 7) is 1.92. The first-order chi connectivity index (χ1) is 8.65. The highest BCUT2D eigenvalue weighted by Gasteiger charge is 2.30. The zero-order valence-corrected chi connectivity index (χ0v) is 10.7. The first-order valence-corrected chi connectivity index (χ1v) is 6.32. The molecule has 5 nitrogen and oxygen atoms in total. The van der Waals surface area contributed by atoms with Gasteiger partial charge in [0.05, 0.1) is 6.54 Å². The highest BCUT2D eigenvalue weighted by Crippen LogP contribution is 2.26. The van der Waals surface area contributed by atoms with Gasteiger partial charge in [-0.25, -0.2) is 9.59 Å². The maximum atomic E-state index is 11.5. The van der Waals surface area contributed by atoms with Crippen molar-refractivity contribution < 1.29 is 14.7 Å². The van der Waals surface area contributed by atoms with Crippen LogP contribution in [0.4, 0.5) is 4.79 Å². The van der Waals surface area contributed by atoms with Gasteiger partial charge in [-0.1, -0.05) is 25.2 Å². The number of carboxylic acid groups (broad SMARTS) is 1. The van der Waals surface area contributed by atoms with Crippen molar-refractivity contribution in [3.8, 4) is 11.8 Å². The highest BCUT2D eigenvalue weighted by molar-refractivity contribution is 5.82. The Hall–Kier alpha value is -1.70. The van der Waals surface area contributed by atoms with Crippen molar-refractivity contribution in [2.24, 2.45) is 5.92 Å². The fourth-order valence-electron chi connectivity index (χ4n) is 2.25. The molecule has 0 spiro atoms. The Morgan fingerprint density at radius 3 is 2.56 bits per heavy atom. The van der Waals surface area contributed by atoms with Gasteiger partial charge in [-0.3, -0.25) is 0 Å². The molecule has 1 aliphatic carbocycles. The Bertz CT molecular complexity index is 351. The molecule has 100 valence electrons. The number of urea groups is 1. The van der Waals surface area contributed by atoms with E-state index >= 15 is 0 Å². The molecule has 1 fully saturated rings. The van der Waals surface area contributed by atoms with E-state index in [4.69, 9.17) is 0 Å². The fourth-order valence-corrected chi connectivity index (χ4v) is 2.25. The van der Waals surface area contributed by atoms with E-state index in [2.05, 4.69) is 22.5 Å². The zero-order valence-electron chi connectivity index (χ0n) is 10.7. The summed E-state index contributed by atoms with van der Waals surface area (Å²) in [5.74, 6) is 4.43. The van der Waals surface area contributed by atoms with Gasteiger partial charge >= 0.3 is 12.0 Å². The molecule has 18 heavy (non-hydrogen) atoms. The SMILES string of the molecule is CC#CCNC(=O)NC(C(=O)O)C1CCCCC1. The van der Waals surface area contributed by atoms with Crippen LogP contribution in [0.3, 0.4) is 0 Å². The van der Waals surface area contributed by atoms with E-state index in [0.29, 0.717) is 0 Å². The van der Waals surface area contributed by atoms with Crippen LogP contribution in [-0.4, -0.2) is 29.7 Å². The molecule has 0 aliphatic heterocycles. The Morgan fingerprint density at radius 1 is 1.33 bits per heavy atom. The Morgan fingerprint density at radius 2 is 2.00 bits per heavy atom. The molecule has 0 saturated heterocycles. The van der Waals surface area contributed by atoms with Crippen LogP contribution in [0.15, 0.2) is 0 Å². The lowest BCUT2D eigenvalue weighted by Gasteiger charge is -2.27. The predicted octanol–water partition coefficient (Wildman–Crippen LogP) is 1.34. The van der Waals surface area contributed by atoms with E-state index < -0.39 is 18.0 Å². The summed E-state index contributed by atoms with van der Waals surface area (Å²) in [4.78, 5) is 22.7. The van der Waals surface area contributed by atoms with Crippen LogP contribution in [0.5, 0.6) is 0 Å². The molecule has 1 unspecified atom stereocenters.